The molecule has 6 nitrogen and oxygen atoms in total. The Balaban J connectivity index is 1.82. The quantitative estimate of drug-likeness (QED) is 0.565. The Bertz CT molecular complexity index is 1200. The van der Waals surface area contributed by atoms with Gasteiger partial charge < -0.3 is 4.74 Å². The number of aromatic nitrogens is 2. The van der Waals surface area contributed by atoms with Gasteiger partial charge in [-0.25, -0.2) is 22.5 Å². The van der Waals surface area contributed by atoms with Crippen molar-refractivity contribution in [3.8, 4) is 5.75 Å². The maximum absolute atomic E-state index is 14.0. The molecule has 30 heavy (non-hydrogen) atoms. The van der Waals surface area contributed by atoms with Crippen LogP contribution < -0.4 is 9.46 Å². The van der Waals surface area contributed by atoms with E-state index >= 15 is 0 Å². The van der Waals surface area contributed by atoms with Gasteiger partial charge in [-0.2, -0.15) is 0 Å². The highest BCUT2D eigenvalue weighted by Crippen LogP contribution is 2.41. The molecule has 0 aliphatic heterocycles. The lowest BCUT2D eigenvalue weighted by Crippen LogP contribution is -2.35. The molecule has 9 heteroatoms. The van der Waals surface area contributed by atoms with E-state index in [1.807, 2.05) is 0 Å². The molecule has 0 radical (unpaired) electrons. The summed E-state index contributed by atoms with van der Waals surface area (Å²) in [5, 5.41) is 1.35. The second-order valence-electron chi connectivity index (χ2n) is 7.87. The molecule has 1 aliphatic carbocycles. The van der Waals surface area contributed by atoms with E-state index < -0.39 is 15.7 Å². The third-order valence-electron chi connectivity index (χ3n) is 4.98. The Morgan fingerprint density at radius 1 is 1.30 bits per heavy atom. The first-order chi connectivity index (χ1) is 14.1. The SMILES string of the molecule is CC(C)(F)CNS(=O)(=O)c1cc2c(c3cnc(Cl)cc13)CCC2Oc1cccnc1. The predicted octanol–water partition coefficient (Wildman–Crippen LogP) is 4.38. The van der Waals surface area contributed by atoms with Gasteiger partial charge in [0.05, 0.1) is 11.1 Å². The van der Waals surface area contributed by atoms with E-state index in [1.54, 1.807) is 36.8 Å². The first-order valence-electron chi connectivity index (χ1n) is 9.50. The zero-order valence-electron chi connectivity index (χ0n) is 16.5. The zero-order chi connectivity index (χ0) is 21.5. The number of halogens is 2. The molecule has 2 heterocycles. The fraction of sp³-hybridized carbons (Fsp3) is 0.333. The van der Waals surface area contributed by atoms with Crippen molar-refractivity contribution in [2.75, 3.05) is 6.54 Å². The highest BCUT2D eigenvalue weighted by Gasteiger charge is 2.31. The summed E-state index contributed by atoms with van der Waals surface area (Å²) in [5.41, 5.74) is 0.0632. The average molecular weight is 450 g/mol. The highest BCUT2D eigenvalue weighted by molar-refractivity contribution is 7.89. The molecule has 0 bridgehead atoms. The lowest BCUT2D eigenvalue weighted by atomic mass is 10.0. The van der Waals surface area contributed by atoms with Crippen LogP contribution in [0.25, 0.3) is 10.8 Å². The summed E-state index contributed by atoms with van der Waals surface area (Å²) in [6.07, 6.45) is 5.93. The predicted molar refractivity (Wildman–Crippen MR) is 113 cm³/mol. The van der Waals surface area contributed by atoms with Gasteiger partial charge in [-0.3, -0.25) is 4.98 Å². The van der Waals surface area contributed by atoms with Crippen molar-refractivity contribution in [3.63, 3.8) is 0 Å². The van der Waals surface area contributed by atoms with Crippen molar-refractivity contribution in [3.05, 3.63) is 59.1 Å². The van der Waals surface area contributed by atoms with Gasteiger partial charge in [0.25, 0.3) is 0 Å². The third kappa shape index (κ3) is 4.26. The maximum Gasteiger partial charge on any atom is 0.241 e. The van der Waals surface area contributed by atoms with Crippen LogP contribution >= 0.6 is 11.6 Å². The van der Waals surface area contributed by atoms with Crippen LogP contribution in [0.4, 0.5) is 4.39 Å². The number of benzene rings is 1. The number of fused-ring (bicyclic) bond motifs is 3. The van der Waals surface area contributed by atoms with Crippen molar-refractivity contribution in [1.82, 2.24) is 14.7 Å². The summed E-state index contributed by atoms with van der Waals surface area (Å²) >= 11 is 6.06. The first kappa shape index (κ1) is 21.0. The molecule has 4 rings (SSSR count). The van der Waals surface area contributed by atoms with E-state index in [2.05, 4.69) is 14.7 Å². The van der Waals surface area contributed by atoms with E-state index in [0.29, 0.717) is 29.4 Å². The number of alkyl halides is 1. The van der Waals surface area contributed by atoms with E-state index in [9.17, 15) is 12.8 Å². The van der Waals surface area contributed by atoms with Gasteiger partial charge in [-0.05, 0) is 62.1 Å². The second-order valence-corrected chi connectivity index (χ2v) is 9.99. The Kier molecular flexibility index (Phi) is 5.42. The molecule has 1 atom stereocenters. The molecule has 2 aromatic heterocycles. The van der Waals surface area contributed by atoms with Crippen molar-refractivity contribution in [2.24, 2.45) is 0 Å². The number of pyridine rings is 2. The van der Waals surface area contributed by atoms with Gasteiger partial charge in [0.1, 0.15) is 22.7 Å². The summed E-state index contributed by atoms with van der Waals surface area (Å²) < 4.78 is 48.5. The Morgan fingerprint density at radius 2 is 2.10 bits per heavy atom. The van der Waals surface area contributed by atoms with Gasteiger partial charge in [0, 0.05) is 29.7 Å². The number of ether oxygens (including phenoxy) is 1. The number of rotatable bonds is 6. The summed E-state index contributed by atoms with van der Waals surface area (Å²) in [4.78, 5) is 8.23. The topological polar surface area (TPSA) is 81.2 Å². The van der Waals surface area contributed by atoms with Crippen LogP contribution in [0.2, 0.25) is 5.15 Å². The number of nitrogens with zero attached hydrogens (tertiary/aromatic N) is 2. The summed E-state index contributed by atoms with van der Waals surface area (Å²) in [6, 6.07) is 6.71. The average Bonchev–Trinajstić information content (AvgIpc) is 3.09. The van der Waals surface area contributed by atoms with Crippen LogP contribution in [-0.2, 0) is 16.4 Å². The fourth-order valence-corrected chi connectivity index (χ4v) is 5.19. The highest BCUT2D eigenvalue weighted by atomic mass is 35.5. The third-order valence-corrected chi connectivity index (χ3v) is 6.63. The molecule has 1 aromatic carbocycles. The van der Waals surface area contributed by atoms with Gasteiger partial charge in [0.2, 0.25) is 10.0 Å². The normalized spacial score (nSPS) is 16.6. The van der Waals surface area contributed by atoms with Crippen LogP contribution in [0.15, 0.2) is 47.8 Å². The number of nitrogens with one attached hydrogen (secondary N) is 1. The van der Waals surface area contributed by atoms with Crippen molar-refractivity contribution in [1.29, 1.82) is 0 Å². The van der Waals surface area contributed by atoms with E-state index in [0.717, 1.165) is 11.1 Å². The molecule has 0 amide bonds. The minimum atomic E-state index is -4.00. The number of hydrogen-bond donors (Lipinski definition) is 1. The molecular weight excluding hydrogens is 429 g/mol. The van der Waals surface area contributed by atoms with Crippen LogP contribution in [0, 0.1) is 0 Å². The lowest BCUT2D eigenvalue weighted by molar-refractivity contribution is 0.206. The largest absolute Gasteiger partial charge is 0.484 e. The number of sulfonamides is 1. The van der Waals surface area contributed by atoms with E-state index in [1.165, 1.54) is 19.9 Å². The lowest BCUT2D eigenvalue weighted by Gasteiger charge is -2.19. The minimum Gasteiger partial charge on any atom is -0.484 e. The van der Waals surface area contributed by atoms with Crippen LogP contribution in [-0.4, -0.2) is 30.6 Å². The molecule has 158 valence electrons. The Morgan fingerprint density at radius 3 is 2.80 bits per heavy atom. The molecule has 1 N–H and O–H groups in total. The fourth-order valence-electron chi connectivity index (χ4n) is 3.60. The Labute approximate surface area is 179 Å². The summed E-state index contributed by atoms with van der Waals surface area (Å²) in [7, 11) is -4.00. The number of hydrogen-bond acceptors (Lipinski definition) is 5. The zero-order valence-corrected chi connectivity index (χ0v) is 18.1. The summed E-state index contributed by atoms with van der Waals surface area (Å²) in [5.74, 6) is 0.603. The van der Waals surface area contributed by atoms with Crippen LogP contribution in [0.3, 0.4) is 0 Å². The monoisotopic (exact) mass is 449 g/mol. The standard InChI is InChI=1S/C21H21ClFN3O3S/c1-21(2,23)12-26-30(27,28)19-8-15-14(17-11-25-20(22)9-16(17)19)5-6-18(15)29-13-4-3-7-24-10-13/h3-4,7-11,18,26H,5-6,12H2,1-2H3. The summed E-state index contributed by atoms with van der Waals surface area (Å²) in [6.45, 7) is 2.28. The van der Waals surface area contributed by atoms with E-state index in [-0.39, 0.29) is 22.7 Å². The number of aryl methyl sites for hydroxylation is 1. The minimum absolute atomic E-state index is 0.0338. The molecule has 1 aliphatic rings. The van der Waals surface area contributed by atoms with Crippen molar-refractivity contribution in [2.45, 2.75) is 43.4 Å². The smallest absolute Gasteiger partial charge is 0.241 e. The van der Waals surface area contributed by atoms with Crippen molar-refractivity contribution >= 4 is 32.4 Å². The van der Waals surface area contributed by atoms with Gasteiger partial charge in [-0.1, -0.05) is 11.6 Å². The van der Waals surface area contributed by atoms with Crippen molar-refractivity contribution < 1.29 is 17.5 Å². The van der Waals surface area contributed by atoms with Gasteiger partial charge in [-0.15, -0.1) is 0 Å². The molecule has 0 spiro atoms. The van der Waals surface area contributed by atoms with Crippen LogP contribution in [0.1, 0.15) is 37.5 Å². The van der Waals surface area contributed by atoms with Gasteiger partial charge >= 0.3 is 0 Å². The second kappa shape index (κ2) is 7.76. The molecule has 0 fully saturated rings. The Hall–Kier alpha value is -2.29. The molecule has 0 saturated carbocycles. The van der Waals surface area contributed by atoms with E-state index in [4.69, 9.17) is 16.3 Å². The van der Waals surface area contributed by atoms with Crippen LogP contribution in [0.5, 0.6) is 5.75 Å². The van der Waals surface area contributed by atoms with Gasteiger partial charge in [0.15, 0.2) is 0 Å². The first-order valence-corrected chi connectivity index (χ1v) is 11.4. The maximum atomic E-state index is 14.0. The molecule has 1 unspecified atom stereocenters. The molecule has 3 aromatic rings. The molecule has 0 saturated heterocycles. The molecular formula is C21H21ClFN3O3S.